The highest BCUT2D eigenvalue weighted by Gasteiger charge is 2.52. The standard InChI is InChI=1S/C18H25N3O5S/c1-25-11-15(22)21-13(17(23)20-7-5-19-6-8-20)10-12(18(24)26-2)16(21)14-4-3-9-27-14/h3-4,9,12-13,16,19H,5-8,10-11H2,1-2H3. The molecule has 0 aromatic carbocycles. The Morgan fingerprint density at radius 1 is 1.26 bits per heavy atom. The molecule has 1 N–H and O–H groups in total. The minimum atomic E-state index is -0.693. The Bertz CT molecular complexity index is 675. The zero-order chi connectivity index (χ0) is 19.4. The second-order valence-corrected chi connectivity index (χ2v) is 7.63. The van der Waals surface area contributed by atoms with E-state index in [4.69, 9.17) is 9.47 Å². The summed E-state index contributed by atoms with van der Waals surface area (Å²) in [4.78, 5) is 42.7. The maximum Gasteiger partial charge on any atom is 0.311 e. The molecule has 0 radical (unpaired) electrons. The van der Waals surface area contributed by atoms with Crippen molar-refractivity contribution < 1.29 is 23.9 Å². The zero-order valence-corrected chi connectivity index (χ0v) is 16.4. The molecule has 1 aromatic rings. The number of amides is 2. The molecule has 148 valence electrons. The Morgan fingerprint density at radius 2 is 2.00 bits per heavy atom. The van der Waals surface area contributed by atoms with E-state index in [2.05, 4.69) is 5.32 Å². The maximum atomic E-state index is 13.2. The van der Waals surface area contributed by atoms with Crippen LogP contribution in [0.5, 0.6) is 0 Å². The van der Waals surface area contributed by atoms with Gasteiger partial charge in [0.15, 0.2) is 0 Å². The van der Waals surface area contributed by atoms with Gasteiger partial charge >= 0.3 is 5.97 Å². The molecule has 2 saturated heterocycles. The molecule has 1 aromatic heterocycles. The summed E-state index contributed by atoms with van der Waals surface area (Å²) in [5, 5.41) is 5.11. The first-order valence-corrected chi connectivity index (χ1v) is 9.87. The molecule has 3 unspecified atom stereocenters. The minimum Gasteiger partial charge on any atom is -0.469 e. The first-order valence-electron chi connectivity index (χ1n) is 8.99. The topological polar surface area (TPSA) is 88.2 Å². The quantitative estimate of drug-likeness (QED) is 0.720. The van der Waals surface area contributed by atoms with Gasteiger partial charge in [0.2, 0.25) is 11.8 Å². The van der Waals surface area contributed by atoms with Gasteiger partial charge < -0.3 is 24.6 Å². The number of carbonyl (C=O) groups excluding carboxylic acids is 3. The Kier molecular flexibility index (Phi) is 6.46. The van der Waals surface area contributed by atoms with Crippen molar-refractivity contribution in [2.45, 2.75) is 18.5 Å². The van der Waals surface area contributed by atoms with E-state index in [0.717, 1.165) is 18.0 Å². The van der Waals surface area contributed by atoms with Crippen LogP contribution in [-0.4, -0.2) is 80.6 Å². The number of likely N-dealkylation sites (tertiary alicyclic amines) is 1. The predicted octanol–water partition coefficient (Wildman–Crippen LogP) is 0.258. The lowest BCUT2D eigenvalue weighted by molar-refractivity contribution is -0.149. The molecule has 9 heteroatoms. The molecule has 0 aliphatic carbocycles. The van der Waals surface area contributed by atoms with Gasteiger partial charge in [-0.25, -0.2) is 0 Å². The molecule has 0 bridgehead atoms. The number of thiophene rings is 1. The second kappa shape index (κ2) is 8.81. The molecule has 3 heterocycles. The van der Waals surface area contributed by atoms with Crippen molar-refractivity contribution >= 4 is 29.1 Å². The smallest absolute Gasteiger partial charge is 0.311 e. The van der Waals surface area contributed by atoms with Crippen LogP contribution in [0.3, 0.4) is 0 Å². The number of hydrogen-bond donors (Lipinski definition) is 1. The van der Waals surface area contributed by atoms with Crippen LogP contribution in [0.25, 0.3) is 0 Å². The Hall–Kier alpha value is -1.97. The largest absolute Gasteiger partial charge is 0.469 e. The summed E-state index contributed by atoms with van der Waals surface area (Å²) >= 11 is 1.46. The van der Waals surface area contributed by atoms with Crippen LogP contribution in [-0.2, 0) is 23.9 Å². The molecule has 2 aliphatic rings. The highest BCUT2D eigenvalue weighted by atomic mass is 32.1. The average molecular weight is 395 g/mol. The van der Waals surface area contributed by atoms with Gasteiger partial charge in [-0.1, -0.05) is 6.07 Å². The van der Waals surface area contributed by atoms with Gasteiger partial charge in [0.25, 0.3) is 0 Å². The van der Waals surface area contributed by atoms with E-state index in [1.54, 1.807) is 9.80 Å². The van der Waals surface area contributed by atoms with E-state index >= 15 is 0 Å². The summed E-state index contributed by atoms with van der Waals surface area (Å²) in [6.45, 7) is 2.49. The van der Waals surface area contributed by atoms with Crippen LogP contribution in [0.4, 0.5) is 0 Å². The summed E-state index contributed by atoms with van der Waals surface area (Å²) in [6, 6.07) is 2.55. The lowest BCUT2D eigenvalue weighted by atomic mass is 9.97. The molecule has 0 saturated carbocycles. The van der Waals surface area contributed by atoms with Crippen molar-refractivity contribution in [2.75, 3.05) is 47.0 Å². The number of methoxy groups -OCH3 is 2. The lowest BCUT2D eigenvalue weighted by Gasteiger charge is -2.34. The molecule has 27 heavy (non-hydrogen) atoms. The van der Waals surface area contributed by atoms with Crippen molar-refractivity contribution in [2.24, 2.45) is 5.92 Å². The van der Waals surface area contributed by atoms with Gasteiger partial charge in [-0.3, -0.25) is 14.4 Å². The van der Waals surface area contributed by atoms with Crippen LogP contribution >= 0.6 is 11.3 Å². The molecule has 2 fully saturated rings. The van der Waals surface area contributed by atoms with E-state index < -0.39 is 24.0 Å². The van der Waals surface area contributed by atoms with Crippen molar-refractivity contribution in [1.82, 2.24) is 15.1 Å². The summed E-state index contributed by atoms with van der Waals surface area (Å²) in [7, 11) is 2.78. The van der Waals surface area contributed by atoms with E-state index in [1.165, 1.54) is 25.6 Å². The number of ether oxygens (including phenoxy) is 2. The normalized spacial score (nSPS) is 25.5. The molecule has 2 amide bonds. The Labute approximate surface area is 162 Å². The molecule has 8 nitrogen and oxygen atoms in total. The first-order chi connectivity index (χ1) is 13.1. The van der Waals surface area contributed by atoms with Crippen LogP contribution in [0, 0.1) is 5.92 Å². The van der Waals surface area contributed by atoms with Gasteiger partial charge in [0.1, 0.15) is 12.6 Å². The van der Waals surface area contributed by atoms with E-state index in [0.29, 0.717) is 13.1 Å². The van der Waals surface area contributed by atoms with Crippen LogP contribution in [0.1, 0.15) is 17.3 Å². The third-order valence-electron chi connectivity index (χ3n) is 5.10. The van der Waals surface area contributed by atoms with E-state index in [-0.39, 0.29) is 24.8 Å². The summed E-state index contributed by atoms with van der Waals surface area (Å²) in [5.74, 6) is -1.39. The highest BCUT2D eigenvalue weighted by Crippen LogP contribution is 2.44. The third kappa shape index (κ3) is 3.99. The zero-order valence-electron chi connectivity index (χ0n) is 15.6. The Morgan fingerprint density at radius 3 is 2.59 bits per heavy atom. The van der Waals surface area contributed by atoms with E-state index in [9.17, 15) is 14.4 Å². The fraction of sp³-hybridized carbons (Fsp3) is 0.611. The predicted molar refractivity (Wildman–Crippen MR) is 99.1 cm³/mol. The maximum absolute atomic E-state index is 13.2. The van der Waals surface area contributed by atoms with Gasteiger partial charge in [0, 0.05) is 38.2 Å². The summed E-state index contributed by atoms with van der Waals surface area (Å²) in [5.41, 5.74) is 0. The fourth-order valence-corrected chi connectivity index (χ4v) is 4.77. The van der Waals surface area contributed by atoms with E-state index in [1.807, 2.05) is 17.5 Å². The summed E-state index contributed by atoms with van der Waals surface area (Å²) in [6.07, 6.45) is 0.257. The summed E-state index contributed by atoms with van der Waals surface area (Å²) < 4.78 is 10.0. The van der Waals surface area contributed by atoms with Gasteiger partial charge in [-0.15, -0.1) is 11.3 Å². The SMILES string of the molecule is COCC(=O)N1C(C(=O)N2CCNCC2)CC(C(=O)OC)C1c1cccs1. The number of esters is 1. The lowest BCUT2D eigenvalue weighted by Crippen LogP contribution is -2.54. The first kappa shape index (κ1) is 19.8. The molecular weight excluding hydrogens is 370 g/mol. The minimum absolute atomic E-state index is 0.117. The number of nitrogens with zero attached hydrogens (tertiary/aromatic N) is 2. The second-order valence-electron chi connectivity index (χ2n) is 6.65. The average Bonchev–Trinajstić information content (AvgIpc) is 3.35. The molecule has 3 rings (SSSR count). The highest BCUT2D eigenvalue weighted by molar-refractivity contribution is 7.10. The molecular formula is C18H25N3O5S. The molecule has 3 atom stereocenters. The van der Waals surface area contributed by atoms with Crippen LogP contribution < -0.4 is 5.32 Å². The number of rotatable bonds is 5. The van der Waals surface area contributed by atoms with Gasteiger partial charge in [-0.05, 0) is 17.9 Å². The Balaban J connectivity index is 1.96. The van der Waals surface area contributed by atoms with Crippen molar-refractivity contribution in [1.29, 1.82) is 0 Å². The fourth-order valence-electron chi connectivity index (χ4n) is 3.88. The number of piperazine rings is 1. The van der Waals surface area contributed by atoms with Gasteiger partial charge in [-0.2, -0.15) is 0 Å². The van der Waals surface area contributed by atoms with Gasteiger partial charge in [0.05, 0.1) is 19.1 Å². The van der Waals surface area contributed by atoms with Crippen LogP contribution in [0.2, 0.25) is 0 Å². The van der Waals surface area contributed by atoms with Crippen LogP contribution in [0.15, 0.2) is 17.5 Å². The third-order valence-corrected chi connectivity index (χ3v) is 6.04. The number of hydrogen-bond acceptors (Lipinski definition) is 7. The number of nitrogens with one attached hydrogen (secondary N) is 1. The van der Waals surface area contributed by atoms with Crippen molar-refractivity contribution in [3.8, 4) is 0 Å². The number of carbonyl (C=O) groups is 3. The monoisotopic (exact) mass is 395 g/mol. The van der Waals surface area contributed by atoms with Crippen molar-refractivity contribution in [3.63, 3.8) is 0 Å². The molecule has 0 spiro atoms. The molecule has 2 aliphatic heterocycles. The van der Waals surface area contributed by atoms with Crippen molar-refractivity contribution in [3.05, 3.63) is 22.4 Å².